The molecule has 1 aromatic carbocycles. The summed E-state index contributed by atoms with van der Waals surface area (Å²) >= 11 is 0. The number of carbonyl (C=O) groups is 2. The fraction of sp³-hybridized carbons (Fsp3) is 0.529. The topological polar surface area (TPSA) is 40.6 Å². The quantitative estimate of drug-likeness (QED) is 0.854. The van der Waals surface area contributed by atoms with E-state index in [1.54, 1.807) is 9.80 Å². The first-order chi connectivity index (χ1) is 10.9. The average Bonchev–Trinajstić information content (AvgIpc) is 2.56. The number of hydrogen-bond donors (Lipinski definition) is 0. The van der Waals surface area contributed by atoms with Crippen molar-refractivity contribution in [1.29, 1.82) is 0 Å². The average molecular weight is 324 g/mol. The van der Waals surface area contributed by atoms with Gasteiger partial charge in [-0.3, -0.25) is 9.59 Å². The van der Waals surface area contributed by atoms with Crippen LogP contribution >= 0.6 is 0 Å². The maximum Gasteiger partial charge on any atom is 0.254 e. The van der Waals surface area contributed by atoms with Gasteiger partial charge in [-0.25, -0.2) is 8.78 Å². The largest absolute Gasteiger partial charge is 0.339 e. The van der Waals surface area contributed by atoms with Crippen molar-refractivity contribution in [3.63, 3.8) is 0 Å². The Bertz CT molecular complexity index is 584. The van der Waals surface area contributed by atoms with E-state index in [9.17, 15) is 18.4 Å². The fourth-order valence-electron chi connectivity index (χ4n) is 2.81. The van der Waals surface area contributed by atoms with Gasteiger partial charge in [0.2, 0.25) is 5.91 Å². The lowest BCUT2D eigenvalue weighted by atomic mass is 10.0. The first kappa shape index (κ1) is 17.4. The highest BCUT2D eigenvalue weighted by molar-refractivity contribution is 5.94. The van der Waals surface area contributed by atoms with Gasteiger partial charge in [0.15, 0.2) is 11.6 Å². The van der Waals surface area contributed by atoms with Crippen LogP contribution in [0, 0.1) is 17.6 Å². The number of piperazine rings is 1. The molecule has 1 aliphatic rings. The minimum atomic E-state index is -1.03. The van der Waals surface area contributed by atoms with Crippen molar-refractivity contribution in [2.75, 3.05) is 26.2 Å². The summed E-state index contributed by atoms with van der Waals surface area (Å²) in [5.41, 5.74) is 0.128. The molecule has 126 valence electrons. The summed E-state index contributed by atoms with van der Waals surface area (Å²) in [5.74, 6) is -2.22. The number of amides is 2. The van der Waals surface area contributed by atoms with Gasteiger partial charge in [-0.1, -0.05) is 20.3 Å². The van der Waals surface area contributed by atoms with E-state index in [1.807, 2.05) is 13.8 Å². The second-order valence-electron chi connectivity index (χ2n) is 5.94. The predicted octanol–water partition coefficient (Wildman–Crippen LogP) is 2.69. The van der Waals surface area contributed by atoms with Gasteiger partial charge in [0.1, 0.15) is 0 Å². The lowest BCUT2D eigenvalue weighted by Crippen LogP contribution is -2.51. The molecule has 0 aromatic heterocycles. The molecule has 0 aliphatic carbocycles. The molecule has 0 spiro atoms. The summed E-state index contributed by atoms with van der Waals surface area (Å²) in [7, 11) is 0. The Balaban J connectivity index is 1.94. The minimum absolute atomic E-state index is 0.00607. The highest BCUT2D eigenvalue weighted by Gasteiger charge is 2.27. The summed E-state index contributed by atoms with van der Waals surface area (Å²) in [4.78, 5) is 27.9. The molecule has 6 heteroatoms. The van der Waals surface area contributed by atoms with Crippen molar-refractivity contribution in [2.45, 2.75) is 26.7 Å². The number of halogens is 2. The number of rotatable bonds is 4. The van der Waals surface area contributed by atoms with Gasteiger partial charge in [-0.2, -0.15) is 0 Å². The van der Waals surface area contributed by atoms with Gasteiger partial charge in [-0.05, 0) is 24.6 Å². The van der Waals surface area contributed by atoms with Crippen LogP contribution in [0.2, 0.25) is 0 Å². The van der Waals surface area contributed by atoms with E-state index in [2.05, 4.69) is 0 Å². The molecular weight excluding hydrogens is 302 g/mol. The highest BCUT2D eigenvalue weighted by atomic mass is 19.2. The standard InChI is InChI=1S/C17H22F2N2O2/c1-3-4-12(2)16(22)20-7-9-21(10-8-20)17(23)13-5-6-14(18)15(19)11-13/h5-6,11-12H,3-4,7-10H2,1-2H3. The Morgan fingerprint density at radius 2 is 1.70 bits per heavy atom. The molecule has 0 N–H and O–H groups in total. The van der Waals surface area contributed by atoms with Crippen molar-refractivity contribution in [3.05, 3.63) is 35.4 Å². The van der Waals surface area contributed by atoms with Gasteiger partial charge in [0.25, 0.3) is 5.91 Å². The van der Waals surface area contributed by atoms with E-state index in [0.717, 1.165) is 25.0 Å². The van der Waals surface area contributed by atoms with E-state index in [1.165, 1.54) is 6.07 Å². The van der Waals surface area contributed by atoms with E-state index in [-0.39, 0.29) is 23.3 Å². The van der Waals surface area contributed by atoms with E-state index < -0.39 is 11.6 Å². The third kappa shape index (κ3) is 4.06. The maximum atomic E-state index is 13.2. The summed E-state index contributed by atoms with van der Waals surface area (Å²) in [5, 5.41) is 0. The summed E-state index contributed by atoms with van der Waals surface area (Å²) < 4.78 is 26.2. The second kappa shape index (κ2) is 7.53. The van der Waals surface area contributed by atoms with Gasteiger partial charge in [-0.15, -0.1) is 0 Å². The Hall–Kier alpha value is -1.98. The van der Waals surface area contributed by atoms with Crippen LogP contribution in [0.4, 0.5) is 8.78 Å². The maximum absolute atomic E-state index is 13.2. The molecule has 2 amide bonds. The monoisotopic (exact) mass is 324 g/mol. The smallest absolute Gasteiger partial charge is 0.254 e. The van der Waals surface area contributed by atoms with Crippen molar-refractivity contribution < 1.29 is 18.4 Å². The van der Waals surface area contributed by atoms with Crippen LogP contribution in [0.3, 0.4) is 0 Å². The van der Waals surface area contributed by atoms with Crippen molar-refractivity contribution in [3.8, 4) is 0 Å². The molecule has 1 unspecified atom stereocenters. The third-order valence-corrected chi connectivity index (χ3v) is 4.19. The first-order valence-corrected chi connectivity index (χ1v) is 7.97. The molecule has 23 heavy (non-hydrogen) atoms. The number of nitrogens with zero attached hydrogens (tertiary/aromatic N) is 2. The molecule has 0 radical (unpaired) electrons. The molecule has 4 nitrogen and oxygen atoms in total. The number of hydrogen-bond acceptors (Lipinski definition) is 2. The summed E-state index contributed by atoms with van der Waals surface area (Å²) in [6, 6.07) is 3.15. The Morgan fingerprint density at radius 1 is 1.09 bits per heavy atom. The molecule has 1 fully saturated rings. The molecule has 2 rings (SSSR count). The van der Waals surface area contributed by atoms with Gasteiger partial charge in [0.05, 0.1) is 0 Å². The molecule has 1 heterocycles. The van der Waals surface area contributed by atoms with Crippen LogP contribution in [0.1, 0.15) is 37.0 Å². The third-order valence-electron chi connectivity index (χ3n) is 4.19. The lowest BCUT2D eigenvalue weighted by Gasteiger charge is -2.36. The van der Waals surface area contributed by atoms with Gasteiger partial charge in [0, 0.05) is 37.7 Å². The zero-order chi connectivity index (χ0) is 17.0. The Labute approximate surface area is 135 Å². The van der Waals surface area contributed by atoms with E-state index >= 15 is 0 Å². The van der Waals surface area contributed by atoms with Crippen molar-refractivity contribution in [2.24, 2.45) is 5.92 Å². The molecule has 1 aromatic rings. The zero-order valence-corrected chi connectivity index (χ0v) is 13.5. The molecular formula is C17H22F2N2O2. The fourth-order valence-corrected chi connectivity index (χ4v) is 2.81. The Kier molecular flexibility index (Phi) is 5.69. The molecule has 1 saturated heterocycles. The summed E-state index contributed by atoms with van der Waals surface area (Å²) in [6.45, 7) is 5.72. The van der Waals surface area contributed by atoms with Crippen LogP contribution in [0.15, 0.2) is 18.2 Å². The molecule has 1 atom stereocenters. The van der Waals surface area contributed by atoms with Crippen LogP contribution < -0.4 is 0 Å². The minimum Gasteiger partial charge on any atom is -0.339 e. The summed E-state index contributed by atoms with van der Waals surface area (Å²) in [6.07, 6.45) is 1.81. The zero-order valence-electron chi connectivity index (χ0n) is 13.5. The van der Waals surface area contributed by atoms with Crippen LogP contribution in [-0.4, -0.2) is 47.8 Å². The normalized spacial score (nSPS) is 16.3. The first-order valence-electron chi connectivity index (χ1n) is 7.97. The second-order valence-corrected chi connectivity index (χ2v) is 5.94. The molecule has 0 bridgehead atoms. The van der Waals surface area contributed by atoms with Crippen molar-refractivity contribution in [1.82, 2.24) is 9.80 Å². The van der Waals surface area contributed by atoms with Crippen LogP contribution in [-0.2, 0) is 4.79 Å². The van der Waals surface area contributed by atoms with Crippen LogP contribution in [0.25, 0.3) is 0 Å². The number of benzene rings is 1. The highest BCUT2D eigenvalue weighted by Crippen LogP contribution is 2.15. The van der Waals surface area contributed by atoms with Crippen LogP contribution in [0.5, 0.6) is 0 Å². The molecule has 1 aliphatic heterocycles. The van der Waals surface area contributed by atoms with Gasteiger partial charge >= 0.3 is 0 Å². The predicted molar refractivity (Wildman–Crippen MR) is 82.9 cm³/mol. The van der Waals surface area contributed by atoms with Crippen molar-refractivity contribution >= 4 is 11.8 Å². The molecule has 0 saturated carbocycles. The lowest BCUT2D eigenvalue weighted by molar-refractivity contribution is -0.136. The van der Waals surface area contributed by atoms with E-state index in [4.69, 9.17) is 0 Å². The van der Waals surface area contributed by atoms with E-state index in [0.29, 0.717) is 26.2 Å². The number of carbonyl (C=O) groups excluding carboxylic acids is 2. The van der Waals surface area contributed by atoms with Gasteiger partial charge < -0.3 is 9.80 Å². The Morgan fingerprint density at radius 3 is 2.26 bits per heavy atom. The SMILES string of the molecule is CCCC(C)C(=O)N1CCN(C(=O)c2ccc(F)c(F)c2)CC1.